The maximum Gasteiger partial charge on any atom is 0.324 e. The summed E-state index contributed by atoms with van der Waals surface area (Å²) in [7, 11) is -3.48. The number of nitrogens with one attached hydrogen (secondary N) is 1. The third-order valence-corrected chi connectivity index (χ3v) is 7.56. The third-order valence-electron chi connectivity index (χ3n) is 5.48. The smallest absolute Gasteiger partial charge is 0.309 e. The fourth-order valence-corrected chi connectivity index (χ4v) is 5.90. The van der Waals surface area contributed by atoms with Crippen LogP contribution in [0, 0.1) is 23.6 Å². The quantitative estimate of drug-likeness (QED) is 0.595. The number of benzene rings is 2. The summed E-state index contributed by atoms with van der Waals surface area (Å²) < 4.78 is 34.6. The van der Waals surface area contributed by atoms with Crippen molar-refractivity contribution in [2.24, 2.45) is 17.8 Å². The molecule has 1 aliphatic rings. The van der Waals surface area contributed by atoms with Crippen molar-refractivity contribution in [1.82, 2.24) is 0 Å². The predicted octanol–water partition coefficient (Wildman–Crippen LogP) is 6.23. The molecule has 1 saturated carbocycles. The van der Waals surface area contributed by atoms with Crippen LogP contribution in [-0.2, 0) is 9.09 Å². The van der Waals surface area contributed by atoms with Gasteiger partial charge in [-0.15, -0.1) is 0 Å². The fraction of sp³-hybridized carbons (Fsp3) is 0.455. The van der Waals surface area contributed by atoms with Gasteiger partial charge in [0.15, 0.2) is 0 Å². The van der Waals surface area contributed by atoms with Crippen molar-refractivity contribution in [3.63, 3.8) is 0 Å². The summed E-state index contributed by atoms with van der Waals surface area (Å²) in [5, 5.41) is 3.48. The van der Waals surface area contributed by atoms with E-state index in [0.29, 0.717) is 23.1 Å². The summed E-state index contributed by atoms with van der Waals surface area (Å²) in [6.07, 6.45) is 2.99. The predicted molar refractivity (Wildman–Crippen MR) is 110 cm³/mol. The van der Waals surface area contributed by atoms with Gasteiger partial charge in [-0.3, -0.25) is 4.57 Å². The van der Waals surface area contributed by atoms with Crippen LogP contribution >= 0.6 is 7.52 Å². The number of hydrogen-bond acceptors (Lipinski definition) is 2. The van der Waals surface area contributed by atoms with E-state index in [0.717, 1.165) is 12.8 Å². The topological polar surface area (TPSA) is 38.3 Å². The highest BCUT2D eigenvalue weighted by molar-refractivity contribution is 7.68. The molecule has 0 unspecified atom stereocenters. The molecule has 0 bridgehead atoms. The van der Waals surface area contributed by atoms with Crippen molar-refractivity contribution in [3.05, 3.63) is 60.4 Å². The molecule has 0 heterocycles. The van der Waals surface area contributed by atoms with Gasteiger partial charge < -0.3 is 9.61 Å². The molecule has 5 heteroatoms. The molecule has 0 aliphatic heterocycles. The van der Waals surface area contributed by atoms with Crippen molar-refractivity contribution in [2.45, 2.75) is 46.1 Å². The van der Waals surface area contributed by atoms with Crippen molar-refractivity contribution in [1.29, 1.82) is 0 Å². The van der Waals surface area contributed by atoms with Gasteiger partial charge in [-0.2, -0.15) is 0 Å². The van der Waals surface area contributed by atoms with Gasteiger partial charge in [0.1, 0.15) is 5.82 Å². The highest BCUT2D eigenvalue weighted by Gasteiger charge is 2.38. The SMILES string of the molecule is CC(C)[C@@H]1CC[C@@H](C)C[C@H]1O[P@@](=O)(Nc1ccccc1F)c1ccccc1. The number of anilines is 1. The molecule has 3 rings (SSSR count). The van der Waals surface area contributed by atoms with Crippen LogP contribution in [0.15, 0.2) is 54.6 Å². The normalized spacial score (nSPS) is 25.1. The Kier molecular flexibility index (Phi) is 6.39. The first-order valence-corrected chi connectivity index (χ1v) is 11.4. The lowest BCUT2D eigenvalue weighted by molar-refractivity contribution is 0.0505. The Balaban J connectivity index is 1.95. The zero-order valence-electron chi connectivity index (χ0n) is 16.3. The minimum Gasteiger partial charge on any atom is -0.309 e. The van der Waals surface area contributed by atoms with E-state index >= 15 is 0 Å². The van der Waals surface area contributed by atoms with E-state index < -0.39 is 13.3 Å². The van der Waals surface area contributed by atoms with Crippen LogP contribution in [0.1, 0.15) is 40.0 Å². The van der Waals surface area contributed by atoms with Crippen LogP contribution < -0.4 is 10.4 Å². The van der Waals surface area contributed by atoms with Gasteiger partial charge in [0, 0.05) is 0 Å². The highest BCUT2D eigenvalue weighted by Crippen LogP contribution is 2.51. The number of para-hydroxylation sites is 1. The summed E-state index contributed by atoms with van der Waals surface area (Å²) in [6.45, 7) is 6.59. The molecule has 27 heavy (non-hydrogen) atoms. The van der Waals surface area contributed by atoms with E-state index in [1.807, 2.05) is 18.2 Å². The zero-order valence-corrected chi connectivity index (χ0v) is 17.2. The van der Waals surface area contributed by atoms with Crippen molar-refractivity contribution in [3.8, 4) is 0 Å². The van der Waals surface area contributed by atoms with Crippen LogP contribution in [0.4, 0.5) is 10.1 Å². The Labute approximate surface area is 161 Å². The average molecular weight is 389 g/mol. The number of hydrogen-bond donors (Lipinski definition) is 1. The lowest BCUT2D eigenvalue weighted by Crippen LogP contribution is -2.35. The molecule has 0 spiro atoms. The molecule has 146 valence electrons. The molecular formula is C22H29FNO2P. The molecule has 0 amide bonds. The van der Waals surface area contributed by atoms with E-state index in [2.05, 4.69) is 25.9 Å². The fourth-order valence-electron chi connectivity index (χ4n) is 3.91. The van der Waals surface area contributed by atoms with Gasteiger partial charge >= 0.3 is 7.52 Å². The Morgan fingerprint density at radius 2 is 1.74 bits per heavy atom. The molecular weight excluding hydrogens is 360 g/mol. The Morgan fingerprint density at radius 3 is 2.41 bits per heavy atom. The van der Waals surface area contributed by atoms with Gasteiger partial charge in [0.2, 0.25) is 0 Å². The Bertz CT molecular complexity index is 796. The van der Waals surface area contributed by atoms with E-state index in [1.54, 1.807) is 30.3 Å². The van der Waals surface area contributed by atoms with E-state index in [9.17, 15) is 8.96 Å². The summed E-state index contributed by atoms with van der Waals surface area (Å²) in [4.78, 5) is 0. The number of rotatable bonds is 6. The molecule has 4 atom stereocenters. The molecule has 2 aromatic carbocycles. The first kappa shape index (κ1) is 20.1. The van der Waals surface area contributed by atoms with Crippen LogP contribution in [0.5, 0.6) is 0 Å². The molecule has 0 saturated heterocycles. The second-order valence-corrected chi connectivity index (χ2v) is 10.0. The molecule has 0 aromatic heterocycles. The maximum absolute atomic E-state index is 14.2. The monoisotopic (exact) mass is 389 g/mol. The lowest BCUT2D eigenvalue weighted by Gasteiger charge is -2.39. The Hall–Kier alpha value is -1.64. The van der Waals surface area contributed by atoms with Gasteiger partial charge in [0.25, 0.3) is 0 Å². The van der Waals surface area contributed by atoms with Crippen LogP contribution in [0.2, 0.25) is 0 Å². The summed E-state index contributed by atoms with van der Waals surface area (Å²) in [5.74, 6) is 0.887. The first-order chi connectivity index (χ1) is 12.9. The van der Waals surface area contributed by atoms with Crippen molar-refractivity contribution in [2.75, 3.05) is 5.09 Å². The molecule has 1 aliphatic carbocycles. The average Bonchev–Trinajstić information content (AvgIpc) is 2.64. The third kappa shape index (κ3) is 4.80. The van der Waals surface area contributed by atoms with E-state index in [4.69, 9.17) is 4.52 Å². The zero-order chi connectivity index (χ0) is 19.4. The Morgan fingerprint density at radius 1 is 1.07 bits per heavy atom. The van der Waals surface area contributed by atoms with Crippen molar-refractivity contribution < 1.29 is 13.5 Å². The molecule has 3 nitrogen and oxygen atoms in total. The largest absolute Gasteiger partial charge is 0.324 e. The molecule has 1 fully saturated rings. The summed E-state index contributed by atoms with van der Waals surface area (Å²) in [6, 6.07) is 15.4. The minimum atomic E-state index is -3.48. The summed E-state index contributed by atoms with van der Waals surface area (Å²) in [5.41, 5.74) is 0.203. The van der Waals surface area contributed by atoms with E-state index in [-0.39, 0.29) is 11.8 Å². The van der Waals surface area contributed by atoms with Crippen LogP contribution in [-0.4, -0.2) is 6.10 Å². The van der Waals surface area contributed by atoms with Gasteiger partial charge in [-0.1, -0.05) is 57.5 Å². The van der Waals surface area contributed by atoms with Crippen LogP contribution in [0.3, 0.4) is 0 Å². The minimum absolute atomic E-state index is 0.112. The summed E-state index contributed by atoms with van der Waals surface area (Å²) >= 11 is 0. The second kappa shape index (κ2) is 8.58. The first-order valence-electron chi connectivity index (χ1n) is 9.76. The van der Waals surface area contributed by atoms with Crippen molar-refractivity contribution >= 4 is 18.5 Å². The second-order valence-electron chi connectivity index (χ2n) is 7.95. The van der Waals surface area contributed by atoms with E-state index in [1.165, 1.54) is 12.5 Å². The maximum atomic E-state index is 14.2. The number of halogens is 1. The molecule has 0 radical (unpaired) electrons. The molecule has 2 aromatic rings. The lowest BCUT2D eigenvalue weighted by atomic mass is 9.75. The van der Waals surface area contributed by atoms with Gasteiger partial charge in [-0.05, 0) is 54.9 Å². The van der Waals surface area contributed by atoms with Crippen LogP contribution in [0.25, 0.3) is 0 Å². The van der Waals surface area contributed by atoms with Gasteiger partial charge in [-0.25, -0.2) is 4.39 Å². The highest BCUT2D eigenvalue weighted by atomic mass is 31.2. The van der Waals surface area contributed by atoms with Gasteiger partial charge in [0.05, 0.1) is 17.1 Å². The molecule has 1 N–H and O–H groups in total. The standard InChI is InChI=1S/C22H29FNO2P/c1-16(2)19-14-13-17(3)15-22(19)26-27(25,18-9-5-4-6-10-18)24-21-12-8-7-11-20(21)23/h4-12,16-17,19,22H,13-15H2,1-3H3,(H,24,25)/t17-,19+,22-,27-/m1/s1.